The Bertz CT molecular complexity index is 580. The van der Waals surface area contributed by atoms with Gasteiger partial charge in [0.2, 0.25) is 0 Å². The second kappa shape index (κ2) is 5.31. The van der Waals surface area contributed by atoms with Gasteiger partial charge in [-0.25, -0.2) is 0 Å². The van der Waals surface area contributed by atoms with E-state index in [4.69, 9.17) is 0 Å². The number of fused-ring (bicyclic) bond motifs is 1. The Labute approximate surface area is 112 Å². The van der Waals surface area contributed by atoms with Crippen molar-refractivity contribution in [2.45, 2.75) is 31.6 Å². The minimum absolute atomic E-state index is 0.0121. The predicted octanol–water partition coefficient (Wildman–Crippen LogP) is 2.71. The number of Topliss-reactive ketones (excluding diaryl/α,β-unsaturated/α-hetero) is 1. The van der Waals surface area contributed by atoms with Crippen molar-refractivity contribution < 1.29 is 4.79 Å². The SMILES string of the molecule is O=C(CCc1ccncc1)C1CCc2cccnc21. The van der Waals surface area contributed by atoms with Crippen LogP contribution in [-0.2, 0) is 17.6 Å². The molecule has 0 bridgehead atoms. The average Bonchev–Trinajstić information content (AvgIpc) is 2.90. The highest BCUT2D eigenvalue weighted by molar-refractivity contribution is 5.86. The molecule has 1 aliphatic carbocycles. The molecule has 2 aromatic rings. The van der Waals surface area contributed by atoms with Crippen LogP contribution in [0.3, 0.4) is 0 Å². The summed E-state index contributed by atoms with van der Waals surface area (Å²) < 4.78 is 0. The Kier molecular flexibility index (Phi) is 3.36. The molecule has 3 nitrogen and oxygen atoms in total. The third-order valence-corrected chi connectivity index (χ3v) is 3.76. The molecule has 0 radical (unpaired) electrons. The van der Waals surface area contributed by atoms with Crippen LogP contribution < -0.4 is 0 Å². The molecule has 19 heavy (non-hydrogen) atoms. The van der Waals surface area contributed by atoms with Crippen molar-refractivity contribution in [3.05, 3.63) is 59.7 Å². The normalized spacial score (nSPS) is 17.2. The van der Waals surface area contributed by atoms with Crippen LogP contribution in [0.4, 0.5) is 0 Å². The maximum atomic E-state index is 12.3. The quantitative estimate of drug-likeness (QED) is 0.840. The van der Waals surface area contributed by atoms with Crippen molar-refractivity contribution in [1.82, 2.24) is 9.97 Å². The van der Waals surface area contributed by atoms with E-state index in [0.29, 0.717) is 12.2 Å². The van der Waals surface area contributed by atoms with Gasteiger partial charge in [0.15, 0.2) is 0 Å². The van der Waals surface area contributed by atoms with Crippen molar-refractivity contribution in [2.24, 2.45) is 0 Å². The lowest BCUT2D eigenvalue weighted by atomic mass is 9.96. The van der Waals surface area contributed by atoms with Crippen LogP contribution in [0.2, 0.25) is 0 Å². The van der Waals surface area contributed by atoms with Crippen LogP contribution in [0, 0.1) is 0 Å². The zero-order chi connectivity index (χ0) is 13.1. The number of ketones is 1. The third-order valence-electron chi connectivity index (χ3n) is 3.76. The van der Waals surface area contributed by atoms with Gasteiger partial charge in [-0.3, -0.25) is 14.8 Å². The van der Waals surface area contributed by atoms with Gasteiger partial charge in [0.25, 0.3) is 0 Å². The summed E-state index contributed by atoms with van der Waals surface area (Å²) in [6.07, 6.45) is 8.60. The van der Waals surface area contributed by atoms with E-state index in [1.165, 1.54) is 11.1 Å². The lowest BCUT2D eigenvalue weighted by Gasteiger charge is -2.09. The van der Waals surface area contributed by atoms with Gasteiger partial charge in [-0.1, -0.05) is 6.07 Å². The lowest BCUT2D eigenvalue weighted by Crippen LogP contribution is -2.11. The van der Waals surface area contributed by atoms with Crippen molar-refractivity contribution in [1.29, 1.82) is 0 Å². The smallest absolute Gasteiger partial charge is 0.142 e. The molecular formula is C16H16N2O. The third kappa shape index (κ3) is 2.55. The largest absolute Gasteiger partial charge is 0.299 e. The first-order valence-electron chi connectivity index (χ1n) is 6.70. The highest BCUT2D eigenvalue weighted by atomic mass is 16.1. The van der Waals surface area contributed by atoms with Gasteiger partial charge in [0.1, 0.15) is 5.78 Å². The van der Waals surface area contributed by atoms with E-state index >= 15 is 0 Å². The minimum Gasteiger partial charge on any atom is -0.299 e. The Hall–Kier alpha value is -2.03. The first-order valence-corrected chi connectivity index (χ1v) is 6.70. The zero-order valence-electron chi connectivity index (χ0n) is 10.7. The molecular weight excluding hydrogens is 236 g/mol. The highest BCUT2D eigenvalue weighted by Gasteiger charge is 2.28. The molecule has 0 amide bonds. The summed E-state index contributed by atoms with van der Waals surface area (Å²) in [6, 6.07) is 7.96. The highest BCUT2D eigenvalue weighted by Crippen LogP contribution is 2.32. The number of hydrogen-bond acceptors (Lipinski definition) is 3. The second-order valence-electron chi connectivity index (χ2n) is 4.96. The summed E-state index contributed by atoms with van der Waals surface area (Å²) in [5.41, 5.74) is 3.41. The fraction of sp³-hybridized carbons (Fsp3) is 0.312. The molecule has 0 saturated carbocycles. The number of aromatic nitrogens is 2. The number of aryl methyl sites for hydroxylation is 2. The van der Waals surface area contributed by atoms with Crippen molar-refractivity contribution >= 4 is 5.78 Å². The molecule has 96 valence electrons. The van der Waals surface area contributed by atoms with E-state index < -0.39 is 0 Å². The summed E-state index contributed by atoms with van der Waals surface area (Å²) in [4.78, 5) is 20.7. The molecule has 3 heteroatoms. The summed E-state index contributed by atoms with van der Waals surface area (Å²) in [5.74, 6) is 0.326. The summed E-state index contributed by atoms with van der Waals surface area (Å²) in [7, 11) is 0. The standard InChI is InChI=1S/C16H16N2O/c19-15(6-3-12-7-10-17-11-8-12)14-5-4-13-2-1-9-18-16(13)14/h1-2,7-11,14H,3-6H2. The van der Waals surface area contributed by atoms with E-state index in [0.717, 1.165) is 25.0 Å². The van der Waals surface area contributed by atoms with Gasteiger partial charge in [-0.15, -0.1) is 0 Å². The number of rotatable bonds is 4. The van der Waals surface area contributed by atoms with Gasteiger partial charge in [0.05, 0.1) is 11.6 Å². The molecule has 2 aromatic heterocycles. The van der Waals surface area contributed by atoms with Gasteiger partial charge >= 0.3 is 0 Å². The van der Waals surface area contributed by atoms with Gasteiger partial charge < -0.3 is 0 Å². The summed E-state index contributed by atoms with van der Waals surface area (Å²) in [5, 5.41) is 0. The van der Waals surface area contributed by atoms with E-state index in [1.54, 1.807) is 18.6 Å². The number of pyridine rings is 2. The Balaban J connectivity index is 1.66. The van der Waals surface area contributed by atoms with Crippen LogP contribution in [-0.4, -0.2) is 15.8 Å². The van der Waals surface area contributed by atoms with Crippen molar-refractivity contribution in [3.63, 3.8) is 0 Å². The first kappa shape index (κ1) is 12.0. The van der Waals surface area contributed by atoms with Crippen LogP contribution >= 0.6 is 0 Å². The van der Waals surface area contributed by atoms with Crippen molar-refractivity contribution in [2.75, 3.05) is 0 Å². The maximum absolute atomic E-state index is 12.3. The molecule has 2 heterocycles. The number of carbonyl (C=O) groups is 1. The monoisotopic (exact) mass is 252 g/mol. The molecule has 0 saturated heterocycles. The predicted molar refractivity (Wildman–Crippen MR) is 72.9 cm³/mol. The summed E-state index contributed by atoms with van der Waals surface area (Å²) >= 11 is 0. The molecule has 0 fully saturated rings. The van der Waals surface area contributed by atoms with Crippen LogP contribution in [0.15, 0.2) is 42.9 Å². The van der Waals surface area contributed by atoms with E-state index in [9.17, 15) is 4.79 Å². The van der Waals surface area contributed by atoms with E-state index in [1.807, 2.05) is 18.2 Å². The van der Waals surface area contributed by atoms with Gasteiger partial charge in [-0.05, 0) is 48.6 Å². The number of carbonyl (C=O) groups excluding carboxylic acids is 1. The average molecular weight is 252 g/mol. The molecule has 0 aromatic carbocycles. The fourth-order valence-corrected chi connectivity index (χ4v) is 2.72. The maximum Gasteiger partial charge on any atom is 0.142 e. The van der Waals surface area contributed by atoms with Crippen LogP contribution in [0.5, 0.6) is 0 Å². The molecule has 1 atom stereocenters. The molecule has 0 spiro atoms. The first-order chi connectivity index (χ1) is 9.34. The van der Waals surface area contributed by atoms with Gasteiger partial charge in [-0.2, -0.15) is 0 Å². The fourth-order valence-electron chi connectivity index (χ4n) is 2.72. The Morgan fingerprint density at radius 3 is 2.89 bits per heavy atom. The Morgan fingerprint density at radius 2 is 2.05 bits per heavy atom. The number of nitrogens with zero attached hydrogens (tertiary/aromatic N) is 2. The Morgan fingerprint density at radius 1 is 1.21 bits per heavy atom. The molecule has 0 aliphatic heterocycles. The van der Waals surface area contributed by atoms with E-state index in [2.05, 4.69) is 16.0 Å². The van der Waals surface area contributed by atoms with Gasteiger partial charge in [0, 0.05) is 25.0 Å². The molecule has 1 unspecified atom stereocenters. The zero-order valence-corrected chi connectivity index (χ0v) is 10.7. The molecule has 3 rings (SSSR count). The van der Waals surface area contributed by atoms with Crippen LogP contribution in [0.25, 0.3) is 0 Å². The molecule has 1 aliphatic rings. The lowest BCUT2D eigenvalue weighted by molar-refractivity contribution is -0.120. The second-order valence-corrected chi connectivity index (χ2v) is 4.96. The minimum atomic E-state index is 0.0121. The summed E-state index contributed by atoms with van der Waals surface area (Å²) in [6.45, 7) is 0. The molecule has 0 N–H and O–H groups in total. The van der Waals surface area contributed by atoms with E-state index in [-0.39, 0.29) is 5.92 Å². The van der Waals surface area contributed by atoms with Crippen molar-refractivity contribution in [3.8, 4) is 0 Å². The topological polar surface area (TPSA) is 42.9 Å². The number of hydrogen-bond donors (Lipinski definition) is 0. The van der Waals surface area contributed by atoms with Crippen LogP contribution in [0.1, 0.15) is 35.6 Å².